The lowest BCUT2D eigenvalue weighted by atomic mass is 9.84. The fraction of sp³-hybridized carbons (Fsp3) is 0.522. The van der Waals surface area contributed by atoms with Crippen molar-refractivity contribution in [2.75, 3.05) is 18.5 Å². The first-order chi connectivity index (χ1) is 15.2. The number of anilines is 2. The molecular formula is C23H29FN6O. The van der Waals surface area contributed by atoms with Gasteiger partial charge in [-0.15, -0.1) is 0 Å². The van der Waals surface area contributed by atoms with E-state index in [2.05, 4.69) is 14.9 Å². The van der Waals surface area contributed by atoms with E-state index in [-0.39, 0.29) is 11.9 Å². The first kappa shape index (κ1) is 20.3. The van der Waals surface area contributed by atoms with Crippen LogP contribution < -0.4 is 11.1 Å². The van der Waals surface area contributed by atoms with Gasteiger partial charge < -0.3 is 15.8 Å². The summed E-state index contributed by atoms with van der Waals surface area (Å²) in [6.07, 6.45) is 8.80. The standard InChI is InChI=1S/C23H29FN6O/c24-18-3-1-2-4-19(18)27-23-28-20-14-26-21(13-15-5-7-16(25)8-6-15)29-22(20)30(23)17-9-11-31-12-10-17/h1-4,14-17H,5-13,25H2,(H,27,28). The molecule has 0 atom stereocenters. The molecule has 3 aromatic rings. The summed E-state index contributed by atoms with van der Waals surface area (Å²) in [5.41, 5.74) is 7.99. The van der Waals surface area contributed by atoms with Crippen LogP contribution in [0.15, 0.2) is 30.5 Å². The van der Waals surface area contributed by atoms with E-state index in [0.717, 1.165) is 61.9 Å². The highest BCUT2D eigenvalue weighted by molar-refractivity contribution is 5.75. The Labute approximate surface area is 181 Å². The number of ether oxygens (including phenoxy) is 1. The van der Waals surface area contributed by atoms with Gasteiger partial charge in [-0.3, -0.25) is 4.57 Å². The Balaban J connectivity index is 1.49. The summed E-state index contributed by atoms with van der Waals surface area (Å²) in [4.78, 5) is 14.3. The number of imidazole rings is 1. The minimum Gasteiger partial charge on any atom is -0.381 e. The van der Waals surface area contributed by atoms with Crippen LogP contribution in [0.1, 0.15) is 50.4 Å². The Morgan fingerprint density at radius 3 is 2.61 bits per heavy atom. The quantitative estimate of drug-likeness (QED) is 0.640. The smallest absolute Gasteiger partial charge is 0.210 e. The van der Waals surface area contributed by atoms with E-state index in [1.54, 1.807) is 24.4 Å². The van der Waals surface area contributed by atoms with Gasteiger partial charge in [-0.1, -0.05) is 12.1 Å². The second-order valence-electron chi connectivity index (χ2n) is 8.73. The molecule has 1 aliphatic carbocycles. The number of halogens is 1. The zero-order valence-corrected chi connectivity index (χ0v) is 17.6. The highest BCUT2D eigenvalue weighted by Crippen LogP contribution is 2.32. The maximum absolute atomic E-state index is 14.3. The van der Waals surface area contributed by atoms with Crippen molar-refractivity contribution in [1.82, 2.24) is 19.5 Å². The van der Waals surface area contributed by atoms with Crippen molar-refractivity contribution in [3.8, 4) is 0 Å². The SMILES string of the molecule is NC1CCC(Cc2ncc3nc(Nc4ccccc4F)n(C4CCOCC4)c3n2)CC1. The van der Waals surface area contributed by atoms with Crippen LogP contribution in [0.5, 0.6) is 0 Å². The number of nitrogens with one attached hydrogen (secondary N) is 1. The Kier molecular flexibility index (Phi) is 5.82. The largest absolute Gasteiger partial charge is 0.381 e. The van der Waals surface area contributed by atoms with Crippen molar-refractivity contribution in [2.24, 2.45) is 11.7 Å². The molecule has 2 fully saturated rings. The zero-order chi connectivity index (χ0) is 21.2. The summed E-state index contributed by atoms with van der Waals surface area (Å²) in [7, 11) is 0. The average Bonchev–Trinajstić information content (AvgIpc) is 3.15. The Morgan fingerprint density at radius 2 is 1.84 bits per heavy atom. The van der Waals surface area contributed by atoms with E-state index in [1.165, 1.54) is 6.07 Å². The topological polar surface area (TPSA) is 90.9 Å². The molecule has 2 aliphatic rings. The van der Waals surface area contributed by atoms with Crippen molar-refractivity contribution in [3.63, 3.8) is 0 Å². The average molecular weight is 425 g/mol. The van der Waals surface area contributed by atoms with E-state index in [1.807, 2.05) is 0 Å². The summed E-state index contributed by atoms with van der Waals surface area (Å²) in [5.74, 6) is 1.71. The molecule has 1 aromatic carbocycles. The Morgan fingerprint density at radius 1 is 1.06 bits per heavy atom. The molecule has 3 N–H and O–H groups in total. The lowest BCUT2D eigenvalue weighted by Crippen LogP contribution is -2.27. The monoisotopic (exact) mass is 424 g/mol. The van der Waals surface area contributed by atoms with E-state index in [0.29, 0.717) is 36.8 Å². The molecule has 0 unspecified atom stereocenters. The van der Waals surface area contributed by atoms with Crippen molar-refractivity contribution in [2.45, 2.75) is 57.0 Å². The number of para-hydroxylation sites is 1. The summed E-state index contributed by atoms with van der Waals surface area (Å²) in [5, 5.41) is 3.19. The van der Waals surface area contributed by atoms with Crippen LogP contribution in [-0.2, 0) is 11.2 Å². The molecule has 1 saturated heterocycles. The summed E-state index contributed by atoms with van der Waals surface area (Å²) >= 11 is 0. The van der Waals surface area contributed by atoms with E-state index < -0.39 is 0 Å². The molecule has 3 heterocycles. The highest BCUT2D eigenvalue weighted by Gasteiger charge is 2.25. The minimum atomic E-state index is -0.310. The molecule has 2 aromatic heterocycles. The third-order valence-electron chi connectivity index (χ3n) is 6.52. The van der Waals surface area contributed by atoms with Gasteiger partial charge in [0.1, 0.15) is 17.2 Å². The number of nitrogens with zero attached hydrogens (tertiary/aromatic N) is 4. The maximum atomic E-state index is 14.3. The number of nitrogens with two attached hydrogens (primary N) is 1. The molecule has 1 aliphatic heterocycles. The number of rotatable bonds is 5. The number of fused-ring (bicyclic) bond motifs is 1. The summed E-state index contributed by atoms with van der Waals surface area (Å²) in [6.45, 7) is 1.40. The van der Waals surface area contributed by atoms with Gasteiger partial charge in [0.25, 0.3) is 0 Å². The molecule has 0 bridgehead atoms. The molecule has 0 radical (unpaired) electrons. The first-order valence-electron chi connectivity index (χ1n) is 11.3. The van der Waals surface area contributed by atoms with E-state index in [4.69, 9.17) is 20.4 Å². The van der Waals surface area contributed by atoms with Gasteiger partial charge in [-0.25, -0.2) is 19.3 Å². The highest BCUT2D eigenvalue weighted by atomic mass is 19.1. The normalized spacial score (nSPS) is 22.6. The van der Waals surface area contributed by atoms with Crippen LogP contribution in [0.4, 0.5) is 16.0 Å². The lowest BCUT2D eigenvalue weighted by Gasteiger charge is -2.26. The molecule has 5 rings (SSSR count). The molecule has 0 spiro atoms. The minimum absolute atomic E-state index is 0.198. The summed E-state index contributed by atoms with van der Waals surface area (Å²) < 4.78 is 22.0. The van der Waals surface area contributed by atoms with Crippen LogP contribution >= 0.6 is 0 Å². The first-order valence-corrected chi connectivity index (χ1v) is 11.3. The molecule has 0 amide bonds. The molecule has 8 heteroatoms. The fourth-order valence-corrected chi connectivity index (χ4v) is 4.74. The van der Waals surface area contributed by atoms with Gasteiger partial charge in [-0.05, 0) is 56.6 Å². The third-order valence-corrected chi connectivity index (χ3v) is 6.52. The van der Waals surface area contributed by atoms with Gasteiger partial charge in [0.05, 0.1) is 11.9 Å². The Bertz CT molecular complexity index is 1040. The van der Waals surface area contributed by atoms with Crippen molar-refractivity contribution >= 4 is 22.8 Å². The predicted octanol–water partition coefficient (Wildman–Crippen LogP) is 4.12. The van der Waals surface area contributed by atoms with Crippen molar-refractivity contribution in [3.05, 3.63) is 42.1 Å². The van der Waals surface area contributed by atoms with Gasteiger partial charge >= 0.3 is 0 Å². The second-order valence-corrected chi connectivity index (χ2v) is 8.73. The molecule has 164 valence electrons. The summed E-state index contributed by atoms with van der Waals surface area (Å²) in [6, 6.07) is 7.18. The number of hydrogen-bond donors (Lipinski definition) is 2. The lowest BCUT2D eigenvalue weighted by molar-refractivity contribution is 0.0710. The third kappa shape index (κ3) is 4.41. The van der Waals surface area contributed by atoms with Crippen LogP contribution in [-0.4, -0.2) is 38.8 Å². The van der Waals surface area contributed by atoms with Gasteiger partial charge in [0.2, 0.25) is 5.95 Å². The zero-order valence-electron chi connectivity index (χ0n) is 17.6. The van der Waals surface area contributed by atoms with Gasteiger partial charge in [-0.2, -0.15) is 0 Å². The number of hydrogen-bond acceptors (Lipinski definition) is 6. The number of aromatic nitrogens is 4. The van der Waals surface area contributed by atoms with Crippen LogP contribution in [0.25, 0.3) is 11.2 Å². The molecule has 7 nitrogen and oxygen atoms in total. The molecular weight excluding hydrogens is 395 g/mol. The fourth-order valence-electron chi connectivity index (χ4n) is 4.74. The molecule has 1 saturated carbocycles. The van der Waals surface area contributed by atoms with E-state index in [9.17, 15) is 4.39 Å². The van der Waals surface area contributed by atoms with Crippen molar-refractivity contribution in [1.29, 1.82) is 0 Å². The van der Waals surface area contributed by atoms with Crippen LogP contribution in [0, 0.1) is 11.7 Å². The molecule has 31 heavy (non-hydrogen) atoms. The van der Waals surface area contributed by atoms with Crippen LogP contribution in [0.2, 0.25) is 0 Å². The second kappa shape index (κ2) is 8.88. The number of benzene rings is 1. The Hall–Kier alpha value is -2.58. The van der Waals surface area contributed by atoms with Crippen LogP contribution in [0.3, 0.4) is 0 Å². The van der Waals surface area contributed by atoms with Crippen molar-refractivity contribution < 1.29 is 9.13 Å². The predicted molar refractivity (Wildman–Crippen MR) is 118 cm³/mol. The van der Waals surface area contributed by atoms with E-state index >= 15 is 0 Å². The maximum Gasteiger partial charge on any atom is 0.210 e. The van der Waals surface area contributed by atoms with Gasteiger partial charge in [0.15, 0.2) is 5.65 Å². The van der Waals surface area contributed by atoms with Gasteiger partial charge in [0, 0.05) is 31.7 Å².